The van der Waals surface area contributed by atoms with Crippen LogP contribution in [-0.4, -0.2) is 27.8 Å². The number of hydrogen-bond acceptors (Lipinski definition) is 3. The second kappa shape index (κ2) is 21.6. The molecule has 0 saturated carbocycles. The van der Waals surface area contributed by atoms with Crippen molar-refractivity contribution in [2.24, 2.45) is 5.92 Å². The molecule has 3 aromatic heterocycles. The van der Waals surface area contributed by atoms with Crippen molar-refractivity contribution in [1.29, 1.82) is 0 Å². The third-order valence-electron chi connectivity index (χ3n) is 13.4. The maximum absolute atomic E-state index is 5.39. The molecular formula is C67H55GeIrN3S-2. The van der Waals surface area contributed by atoms with Crippen LogP contribution in [0.15, 0.2) is 225 Å². The first-order valence-corrected chi connectivity index (χ1v) is 33.1. The minimum absolute atomic E-state index is 0. The third-order valence-corrected chi connectivity index (χ3v) is 18.9. The summed E-state index contributed by atoms with van der Waals surface area (Å²) in [5.41, 5.74) is 17.2. The Labute approximate surface area is 450 Å². The molecule has 359 valence electrons. The molecule has 0 atom stereocenters. The van der Waals surface area contributed by atoms with Crippen molar-refractivity contribution in [1.82, 2.24) is 14.5 Å². The number of thiophene rings is 1. The Hall–Kier alpha value is -6.99. The molecule has 0 fully saturated rings. The fraction of sp³-hybridized carbons (Fsp3) is 0.104. The van der Waals surface area contributed by atoms with E-state index in [1.807, 2.05) is 29.5 Å². The molecule has 0 N–H and O–H groups in total. The summed E-state index contributed by atoms with van der Waals surface area (Å²) in [6.07, 6.45) is 3.27. The Morgan fingerprint density at radius 2 is 1.14 bits per heavy atom. The first-order valence-electron chi connectivity index (χ1n) is 24.9. The van der Waals surface area contributed by atoms with Crippen LogP contribution in [0.3, 0.4) is 0 Å². The standard InChI is InChI=1S/C49H31N2S.C18H24GeN.Ir/c1-4-14-33(15-5-1)34-26-28-35(29-27-34)38-30-31-41-42-22-13-23-43(48(42)52-46(41)32-38)49-50-44-24-10-11-25-45(44)51(49)47-39(36-16-6-2-7-17-36)20-12-21-40(47)37-18-8-3-9-19-37;1-14(2)11-16-12-18(15-9-7-6-8-10-15)20-13-17(16)19(3,4)5;/h1-22,24-32H;6-9,12-14H,11H2,1-5H3;/q2*-1;. The molecule has 0 amide bonds. The van der Waals surface area contributed by atoms with E-state index in [-0.39, 0.29) is 20.1 Å². The number of para-hydroxylation sites is 3. The largest absolute Gasteiger partial charge is 0.332 e. The molecule has 0 aliphatic heterocycles. The maximum Gasteiger partial charge on any atom is 0.0774 e. The van der Waals surface area contributed by atoms with Crippen LogP contribution in [0.2, 0.25) is 17.3 Å². The molecule has 3 nitrogen and oxygen atoms in total. The average Bonchev–Trinajstić information content (AvgIpc) is 4.00. The van der Waals surface area contributed by atoms with Gasteiger partial charge < -0.3 is 4.57 Å². The van der Waals surface area contributed by atoms with Gasteiger partial charge in [0.2, 0.25) is 0 Å². The molecule has 0 spiro atoms. The zero-order valence-electron chi connectivity index (χ0n) is 41.7. The quantitative estimate of drug-likeness (QED) is 0.101. The SMILES string of the molecule is CC(C)Cc1cc(-c2[c-]cccc2)nc[c]1[Ge]([CH3])([CH3])[CH3].[Ir].[c-]1ccc2c(sc3cc(-c4ccc(-c5ccccc5)cc4)ccc32)c1-c1nc2ccccc2n1-c1c(-c2ccccc2)cccc1-c1ccccc1. The van der Waals surface area contributed by atoms with Gasteiger partial charge >= 0.3 is 126 Å². The van der Waals surface area contributed by atoms with E-state index in [4.69, 9.17) is 9.97 Å². The number of rotatable bonds is 10. The van der Waals surface area contributed by atoms with Crippen LogP contribution in [0.25, 0.3) is 104 Å². The van der Waals surface area contributed by atoms with Crippen molar-refractivity contribution in [2.45, 2.75) is 37.5 Å². The molecule has 1 radical (unpaired) electrons. The van der Waals surface area contributed by atoms with Gasteiger partial charge in [0, 0.05) is 35.9 Å². The maximum atomic E-state index is 5.39. The van der Waals surface area contributed by atoms with Gasteiger partial charge in [-0.25, -0.2) is 0 Å². The van der Waals surface area contributed by atoms with Gasteiger partial charge in [0.05, 0.1) is 22.5 Å². The molecule has 0 aliphatic rings. The van der Waals surface area contributed by atoms with Gasteiger partial charge in [-0.05, 0) is 61.7 Å². The second-order valence-electron chi connectivity index (χ2n) is 19.9. The van der Waals surface area contributed by atoms with Crippen molar-refractivity contribution in [2.75, 3.05) is 0 Å². The van der Waals surface area contributed by atoms with Crippen LogP contribution in [-0.2, 0) is 26.5 Å². The van der Waals surface area contributed by atoms with Crippen LogP contribution < -0.4 is 4.40 Å². The first kappa shape index (κ1) is 49.6. The number of benzene rings is 9. The first-order chi connectivity index (χ1) is 35.2. The van der Waals surface area contributed by atoms with Crippen LogP contribution in [0.4, 0.5) is 0 Å². The molecule has 0 aliphatic carbocycles. The normalized spacial score (nSPS) is 11.4. The van der Waals surface area contributed by atoms with Crippen molar-refractivity contribution >= 4 is 60.2 Å². The summed E-state index contributed by atoms with van der Waals surface area (Å²) in [5, 5.41) is 2.47. The molecular weight excluding hydrogens is 1140 g/mol. The van der Waals surface area contributed by atoms with E-state index in [0.717, 1.165) is 68.0 Å². The van der Waals surface area contributed by atoms with Gasteiger partial charge in [0.15, 0.2) is 0 Å². The minimum Gasteiger partial charge on any atom is -0.332 e. The van der Waals surface area contributed by atoms with Gasteiger partial charge in [-0.2, -0.15) is 11.3 Å². The molecule has 0 saturated heterocycles. The second-order valence-corrected chi connectivity index (χ2v) is 31.5. The third kappa shape index (κ3) is 10.3. The summed E-state index contributed by atoms with van der Waals surface area (Å²) < 4.78 is 6.34. The topological polar surface area (TPSA) is 30.7 Å². The van der Waals surface area contributed by atoms with Gasteiger partial charge in [-0.1, -0.05) is 169 Å². The van der Waals surface area contributed by atoms with E-state index in [2.05, 4.69) is 254 Å². The molecule has 0 bridgehead atoms. The van der Waals surface area contributed by atoms with Gasteiger partial charge in [-0.3, -0.25) is 4.98 Å². The zero-order chi connectivity index (χ0) is 49.2. The molecule has 12 aromatic rings. The summed E-state index contributed by atoms with van der Waals surface area (Å²) in [6.45, 7) is 4.57. The van der Waals surface area contributed by atoms with E-state index >= 15 is 0 Å². The molecule has 6 heteroatoms. The predicted octanol–water partition coefficient (Wildman–Crippen LogP) is 17.8. The van der Waals surface area contributed by atoms with E-state index in [1.54, 1.807) is 4.40 Å². The number of imidazole rings is 1. The van der Waals surface area contributed by atoms with E-state index in [0.29, 0.717) is 5.92 Å². The summed E-state index contributed by atoms with van der Waals surface area (Å²) >= 11 is -0.0357. The minimum atomic E-state index is -1.86. The molecule has 0 unspecified atom stereocenters. The van der Waals surface area contributed by atoms with Crippen molar-refractivity contribution in [3.05, 3.63) is 242 Å². The Kier molecular flexibility index (Phi) is 14.7. The Morgan fingerprint density at radius 3 is 1.77 bits per heavy atom. The van der Waals surface area contributed by atoms with Gasteiger partial charge in [0.1, 0.15) is 0 Å². The number of fused-ring (bicyclic) bond motifs is 4. The van der Waals surface area contributed by atoms with Crippen LogP contribution in [0.5, 0.6) is 0 Å². The van der Waals surface area contributed by atoms with E-state index < -0.39 is 13.3 Å². The van der Waals surface area contributed by atoms with E-state index in [1.165, 1.54) is 48.0 Å². The Balaban J connectivity index is 0.000000246. The van der Waals surface area contributed by atoms with Gasteiger partial charge in [0.25, 0.3) is 0 Å². The smallest absolute Gasteiger partial charge is 0.0774 e. The molecule has 9 aromatic carbocycles. The van der Waals surface area contributed by atoms with Crippen molar-refractivity contribution in [3.8, 4) is 72.8 Å². The van der Waals surface area contributed by atoms with Crippen LogP contribution in [0, 0.1) is 18.1 Å². The zero-order valence-corrected chi connectivity index (χ0v) is 47.0. The molecule has 12 rings (SSSR count). The number of pyridine rings is 1. The average molecular weight is 1200 g/mol. The van der Waals surface area contributed by atoms with E-state index in [9.17, 15) is 0 Å². The van der Waals surface area contributed by atoms with Crippen molar-refractivity contribution < 1.29 is 20.1 Å². The Bertz CT molecular complexity index is 3770. The summed E-state index contributed by atoms with van der Waals surface area (Å²) in [4.78, 5) is 10.1. The van der Waals surface area contributed by atoms with Crippen LogP contribution >= 0.6 is 11.3 Å². The molecule has 73 heavy (non-hydrogen) atoms. The summed E-state index contributed by atoms with van der Waals surface area (Å²) in [5.74, 6) is 8.88. The fourth-order valence-electron chi connectivity index (χ4n) is 9.96. The fourth-order valence-corrected chi connectivity index (χ4v) is 14.5. The predicted molar refractivity (Wildman–Crippen MR) is 310 cm³/mol. The van der Waals surface area contributed by atoms with Crippen molar-refractivity contribution in [3.63, 3.8) is 0 Å². The Morgan fingerprint density at radius 1 is 0.548 bits per heavy atom. The number of aromatic nitrogens is 3. The number of nitrogens with zero attached hydrogens (tertiary/aromatic N) is 3. The summed E-state index contributed by atoms with van der Waals surface area (Å²) in [7, 11) is 0. The summed E-state index contributed by atoms with van der Waals surface area (Å²) in [6, 6.07) is 84.3. The van der Waals surface area contributed by atoms with Gasteiger partial charge in [-0.15, -0.1) is 18.2 Å². The molecule has 3 heterocycles. The van der Waals surface area contributed by atoms with Crippen LogP contribution in [0.1, 0.15) is 19.4 Å². The monoisotopic (exact) mass is 1200 g/mol. The number of hydrogen-bond donors (Lipinski definition) is 0.